The van der Waals surface area contributed by atoms with Crippen LogP contribution in [0.1, 0.15) is 20.8 Å². The zero-order chi connectivity index (χ0) is 22.5. The van der Waals surface area contributed by atoms with Gasteiger partial charge in [0.25, 0.3) is 0 Å². The maximum atomic E-state index is 11.1. The lowest BCUT2D eigenvalue weighted by Gasteiger charge is -1.98. The third-order valence-corrected chi connectivity index (χ3v) is 9.03. The lowest BCUT2D eigenvalue weighted by molar-refractivity contribution is -0.191. The van der Waals surface area contributed by atoms with Crippen LogP contribution >= 0.6 is 45.3 Å². The number of carbonyl (C=O) groups excluding carboxylic acids is 2. The van der Waals surface area contributed by atoms with Gasteiger partial charge in [0.2, 0.25) is 0 Å². The highest BCUT2D eigenvalue weighted by atomic mass is 32.1. The van der Waals surface area contributed by atoms with Crippen molar-refractivity contribution in [1.29, 1.82) is 0 Å². The minimum Gasteiger partial charge on any atom is -0.481 e. The molecular weight excluding hydrogens is 476 g/mol. The lowest BCUT2D eigenvalue weighted by atomic mass is 10.2. The van der Waals surface area contributed by atoms with Gasteiger partial charge in [0.05, 0.1) is 6.42 Å². The molecule has 0 aromatic carbocycles. The van der Waals surface area contributed by atoms with Crippen LogP contribution in [0.3, 0.4) is 0 Å². The van der Waals surface area contributed by atoms with Crippen LogP contribution in [0.15, 0.2) is 41.8 Å². The lowest BCUT2D eigenvalue weighted by Crippen LogP contribution is -1.99. The molecule has 4 heterocycles. The van der Waals surface area contributed by atoms with E-state index in [0.29, 0.717) is 4.88 Å². The Bertz CT molecular complexity index is 1270. The Morgan fingerprint density at radius 3 is 2.13 bits per heavy atom. The van der Waals surface area contributed by atoms with Gasteiger partial charge < -0.3 is 10.2 Å². The van der Waals surface area contributed by atoms with Crippen LogP contribution in [-0.4, -0.2) is 28.3 Å². The van der Waals surface area contributed by atoms with E-state index in [-0.39, 0.29) is 12.6 Å². The monoisotopic (exact) mass is 490 g/mol. The summed E-state index contributed by atoms with van der Waals surface area (Å²) in [5, 5.41) is 20.2. The van der Waals surface area contributed by atoms with E-state index in [0.717, 1.165) is 40.4 Å². The quantitative estimate of drug-likeness (QED) is 0.344. The van der Waals surface area contributed by atoms with E-state index in [9.17, 15) is 9.59 Å². The van der Waals surface area contributed by atoms with Crippen molar-refractivity contribution in [3.8, 4) is 29.3 Å². The maximum absolute atomic E-state index is 11.1. The van der Waals surface area contributed by atoms with Crippen molar-refractivity contribution in [2.45, 2.75) is 13.3 Å². The number of thiophene rings is 4. The van der Waals surface area contributed by atoms with Gasteiger partial charge in [-0.05, 0) is 59.8 Å². The Labute approximate surface area is 192 Å². The molecule has 0 saturated carbocycles. The SMILES string of the molecule is Cc1cc(-c2ccc(C(=O)O)s2)sc1-c1ccc(-c2sccc2CC(=O)O)s1.O=C=O. The summed E-state index contributed by atoms with van der Waals surface area (Å²) in [6, 6.07) is 11.6. The molecule has 4 rings (SSSR count). The highest BCUT2D eigenvalue weighted by Crippen LogP contribution is 2.45. The molecule has 0 radical (unpaired) electrons. The third-order valence-electron chi connectivity index (χ3n) is 4.12. The van der Waals surface area contributed by atoms with E-state index in [1.54, 1.807) is 40.1 Å². The fourth-order valence-corrected chi connectivity index (χ4v) is 7.24. The minimum absolute atomic E-state index is 0.0263. The van der Waals surface area contributed by atoms with E-state index >= 15 is 0 Å². The van der Waals surface area contributed by atoms with Gasteiger partial charge in [-0.2, -0.15) is 9.59 Å². The molecule has 0 aliphatic carbocycles. The molecule has 0 amide bonds. The summed E-state index contributed by atoms with van der Waals surface area (Å²) in [4.78, 5) is 45.2. The first-order valence-corrected chi connectivity index (χ1v) is 12.0. The first-order chi connectivity index (χ1) is 14.8. The molecule has 6 nitrogen and oxygen atoms in total. The summed E-state index contributed by atoms with van der Waals surface area (Å²) < 4.78 is 0. The van der Waals surface area contributed by atoms with E-state index in [4.69, 9.17) is 19.8 Å². The first kappa shape index (κ1) is 22.8. The predicted molar refractivity (Wildman–Crippen MR) is 122 cm³/mol. The molecule has 0 unspecified atom stereocenters. The van der Waals surface area contributed by atoms with Crippen molar-refractivity contribution in [3.63, 3.8) is 0 Å². The van der Waals surface area contributed by atoms with E-state index in [1.807, 2.05) is 23.6 Å². The maximum Gasteiger partial charge on any atom is 0.373 e. The first-order valence-electron chi connectivity index (χ1n) is 8.66. The van der Waals surface area contributed by atoms with Gasteiger partial charge in [0.1, 0.15) is 4.88 Å². The number of aliphatic carboxylic acids is 1. The van der Waals surface area contributed by atoms with Crippen molar-refractivity contribution in [2.75, 3.05) is 0 Å². The van der Waals surface area contributed by atoms with Crippen LogP contribution in [0, 0.1) is 6.92 Å². The van der Waals surface area contributed by atoms with Gasteiger partial charge in [-0.1, -0.05) is 0 Å². The highest BCUT2D eigenvalue weighted by Gasteiger charge is 2.17. The van der Waals surface area contributed by atoms with Crippen molar-refractivity contribution in [2.24, 2.45) is 0 Å². The molecule has 31 heavy (non-hydrogen) atoms. The molecular formula is C21H14O6S4. The van der Waals surface area contributed by atoms with Gasteiger partial charge in [-0.25, -0.2) is 4.79 Å². The fraction of sp³-hybridized carbons (Fsp3) is 0.0952. The van der Waals surface area contributed by atoms with Crippen molar-refractivity contribution >= 4 is 63.4 Å². The molecule has 4 aromatic rings. The van der Waals surface area contributed by atoms with Gasteiger partial charge in [-0.3, -0.25) is 4.79 Å². The number of carboxylic acids is 2. The van der Waals surface area contributed by atoms with E-state index in [1.165, 1.54) is 11.3 Å². The third kappa shape index (κ3) is 5.25. The average Bonchev–Trinajstić information content (AvgIpc) is 3.48. The summed E-state index contributed by atoms with van der Waals surface area (Å²) in [6.07, 6.45) is 0.276. The number of carboxylic acid groups (broad SMARTS) is 2. The zero-order valence-electron chi connectivity index (χ0n) is 15.9. The molecule has 0 aliphatic rings. The summed E-state index contributed by atoms with van der Waals surface area (Å²) >= 11 is 6.15. The van der Waals surface area contributed by atoms with Gasteiger partial charge >= 0.3 is 18.1 Å². The number of hydrogen-bond acceptors (Lipinski definition) is 8. The molecule has 0 spiro atoms. The van der Waals surface area contributed by atoms with Crippen molar-refractivity contribution in [1.82, 2.24) is 0 Å². The predicted octanol–water partition coefficient (Wildman–Crippen LogP) is 5.98. The second-order valence-electron chi connectivity index (χ2n) is 6.18. The summed E-state index contributed by atoms with van der Waals surface area (Å²) in [6.45, 7) is 2.06. The Morgan fingerprint density at radius 1 is 0.871 bits per heavy atom. The Balaban J connectivity index is 0.000000858. The Morgan fingerprint density at radius 2 is 1.52 bits per heavy atom. The number of carbonyl (C=O) groups is 2. The molecule has 4 aromatic heterocycles. The standard InChI is InChI=1S/C20H14O4S4.CO2/c1-10-8-16(12-2-5-15(26-12)20(23)24)28-18(10)13-3-4-14(27-13)19-11(6-7-25-19)9-17(21)22;2-1-3/h2-8H,9H2,1H3,(H,21,22)(H,23,24);. The zero-order valence-corrected chi connectivity index (χ0v) is 19.2. The Hall–Kier alpha value is -2.88. The number of aryl methyl sites for hydroxylation is 1. The van der Waals surface area contributed by atoms with Gasteiger partial charge in [0, 0.05) is 29.3 Å². The molecule has 2 N–H and O–H groups in total. The van der Waals surface area contributed by atoms with Crippen LogP contribution < -0.4 is 0 Å². The minimum atomic E-state index is -0.902. The highest BCUT2D eigenvalue weighted by molar-refractivity contribution is 7.28. The fourth-order valence-electron chi connectivity index (χ4n) is 2.87. The largest absolute Gasteiger partial charge is 0.481 e. The van der Waals surface area contributed by atoms with Crippen LogP contribution in [0.4, 0.5) is 0 Å². The topological polar surface area (TPSA) is 109 Å². The van der Waals surface area contributed by atoms with E-state index < -0.39 is 11.9 Å². The van der Waals surface area contributed by atoms with Crippen LogP contribution in [0.2, 0.25) is 0 Å². The van der Waals surface area contributed by atoms with Gasteiger partial charge in [-0.15, -0.1) is 45.3 Å². The van der Waals surface area contributed by atoms with Crippen LogP contribution in [0.25, 0.3) is 29.3 Å². The summed E-state index contributed by atoms with van der Waals surface area (Å²) in [5.41, 5.74) is 1.99. The van der Waals surface area contributed by atoms with Crippen molar-refractivity contribution in [3.05, 3.63) is 57.8 Å². The van der Waals surface area contributed by atoms with Gasteiger partial charge in [0.15, 0.2) is 0 Å². The van der Waals surface area contributed by atoms with Crippen LogP contribution in [-0.2, 0) is 20.8 Å². The second kappa shape index (κ2) is 9.95. The molecule has 0 aliphatic heterocycles. The number of rotatable bonds is 6. The van der Waals surface area contributed by atoms with Crippen LogP contribution in [0.5, 0.6) is 0 Å². The molecule has 0 saturated heterocycles. The molecule has 0 atom stereocenters. The Kier molecular flexibility index (Phi) is 7.32. The van der Waals surface area contributed by atoms with Crippen molar-refractivity contribution < 1.29 is 29.4 Å². The molecule has 158 valence electrons. The summed E-state index contributed by atoms with van der Waals surface area (Å²) in [5.74, 6) is -1.73. The average molecular weight is 491 g/mol. The second-order valence-corrected chi connectivity index (χ2v) is 10.3. The number of aromatic carboxylic acids is 1. The normalized spacial score (nSPS) is 10.2. The smallest absolute Gasteiger partial charge is 0.373 e. The number of hydrogen-bond donors (Lipinski definition) is 2. The van der Waals surface area contributed by atoms with E-state index in [2.05, 4.69) is 19.1 Å². The molecule has 10 heteroatoms. The summed E-state index contributed by atoms with van der Waals surface area (Å²) in [7, 11) is 0. The molecule has 0 fully saturated rings. The molecule has 0 bridgehead atoms.